The zero-order valence-electron chi connectivity index (χ0n) is 32.1. The van der Waals surface area contributed by atoms with Crippen LogP contribution in [0.5, 0.6) is 5.75 Å². The summed E-state index contributed by atoms with van der Waals surface area (Å²) in [7, 11) is 1.66. The summed E-state index contributed by atoms with van der Waals surface area (Å²) in [5.41, 5.74) is 1.72. The van der Waals surface area contributed by atoms with E-state index in [1.54, 1.807) is 18.4 Å². The third-order valence-electron chi connectivity index (χ3n) is 11.4. The van der Waals surface area contributed by atoms with E-state index in [1.165, 1.54) is 11.4 Å². The van der Waals surface area contributed by atoms with E-state index in [2.05, 4.69) is 58.6 Å². The summed E-state index contributed by atoms with van der Waals surface area (Å²) in [6, 6.07) is 28.0. The van der Waals surface area contributed by atoms with Gasteiger partial charge >= 0.3 is 0 Å². The first-order valence-corrected chi connectivity index (χ1v) is 20.7. The van der Waals surface area contributed by atoms with Crippen molar-refractivity contribution in [3.63, 3.8) is 0 Å². The van der Waals surface area contributed by atoms with E-state index in [1.807, 2.05) is 79.0 Å². The Morgan fingerprint density at radius 1 is 0.660 bits per heavy atom. The van der Waals surface area contributed by atoms with Gasteiger partial charge in [-0.1, -0.05) is 81.2 Å². The molecule has 0 amide bonds. The second-order valence-electron chi connectivity index (χ2n) is 14.6. The van der Waals surface area contributed by atoms with Crippen LogP contribution in [-0.2, 0) is 11.2 Å². The number of piperazine rings is 2. The SMILES string of the molecule is CCC(O)(c1cccc(OC)c1)C(C)CN1CCN(c2cccc(Cl)c2)CC1.CCC(O)(c1cccs1)C(C)CN1CCN(c2cccc(Cl)c2)CC1. The topological polar surface area (TPSA) is 62.7 Å². The Labute approximate surface area is 331 Å². The van der Waals surface area contributed by atoms with E-state index in [0.717, 1.165) is 98.1 Å². The fourth-order valence-electron chi connectivity index (χ4n) is 7.82. The lowest BCUT2D eigenvalue weighted by atomic mass is 9.79. The van der Waals surface area contributed by atoms with Gasteiger partial charge in [-0.25, -0.2) is 0 Å². The maximum absolute atomic E-state index is 11.5. The van der Waals surface area contributed by atoms with E-state index < -0.39 is 11.2 Å². The number of rotatable bonds is 13. The van der Waals surface area contributed by atoms with Gasteiger partial charge in [0.25, 0.3) is 0 Å². The number of hydrogen-bond donors (Lipinski definition) is 2. The van der Waals surface area contributed by atoms with E-state index in [0.29, 0.717) is 6.42 Å². The Morgan fingerprint density at radius 2 is 1.15 bits per heavy atom. The number of aliphatic hydroxyl groups is 2. The predicted octanol–water partition coefficient (Wildman–Crippen LogP) is 8.86. The lowest BCUT2D eigenvalue weighted by Crippen LogP contribution is -2.50. The summed E-state index contributed by atoms with van der Waals surface area (Å²) in [6.45, 7) is 18.2. The lowest BCUT2D eigenvalue weighted by Gasteiger charge is -2.41. The van der Waals surface area contributed by atoms with E-state index in [9.17, 15) is 10.2 Å². The number of halogens is 2. The highest BCUT2D eigenvalue weighted by Crippen LogP contribution is 2.37. The van der Waals surface area contributed by atoms with Crippen molar-refractivity contribution in [3.05, 3.63) is 111 Å². The van der Waals surface area contributed by atoms with Crippen molar-refractivity contribution in [3.8, 4) is 5.75 Å². The molecule has 0 spiro atoms. The molecule has 10 heteroatoms. The van der Waals surface area contributed by atoms with E-state index in [-0.39, 0.29) is 11.8 Å². The van der Waals surface area contributed by atoms with Gasteiger partial charge in [0.2, 0.25) is 0 Å². The largest absolute Gasteiger partial charge is 0.497 e. The van der Waals surface area contributed by atoms with Crippen LogP contribution >= 0.6 is 34.5 Å². The Hall–Kier alpha value is -2.82. The second-order valence-corrected chi connectivity index (χ2v) is 16.4. The van der Waals surface area contributed by atoms with Gasteiger partial charge in [0.1, 0.15) is 11.4 Å². The zero-order chi connectivity index (χ0) is 38.0. The van der Waals surface area contributed by atoms with Crippen LogP contribution in [0.3, 0.4) is 0 Å². The number of ether oxygens (including phenoxy) is 1. The minimum absolute atomic E-state index is 0.113. The molecule has 4 aromatic rings. The number of methoxy groups -OCH3 is 1. The molecule has 4 unspecified atom stereocenters. The standard InChI is InChI=1S/C23H31ClN2O2.C20H27ClN2OS/c1-4-23(27,19-7-5-10-22(15-19)28-3)18(2)17-25-11-13-26(14-12-25)21-9-6-8-20(24)16-21;1-3-20(24,19-8-5-13-25-19)16(2)15-22-9-11-23(12-10-22)18-7-4-6-17(21)14-18/h5-10,15-16,18,27H,4,11-14,17H2,1-3H3;4-8,13-14,16,24H,3,9-12,15H2,1-2H3. The molecular formula is C43H58Cl2N4O3S. The monoisotopic (exact) mass is 780 g/mol. The van der Waals surface area contributed by atoms with Crippen LogP contribution < -0.4 is 14.5 Å². The molecule has 4 atom stereocenters. The lowest BCUT2D eigenvalue weighted by molar-refractivity contribution is -0.0341. The normalized spacial score (nSPS) is 19.0. The van der Waals surface area contributed by atoms with E-state index >= 15 is 0 Å². The number of benzene rings is 3. The summed E-state index contributed by atoms with van der Waals surface area (Å²) < 4.78 is 5.35. The first kappa shape index (κ1) is 41.3. The third-order valence-corrected chi connectivity index (χ3v) is 12.9. The molecule has 2 fully saturated rings. The average Bonchev–Trinajstić information content (AvgIpc) is 3.74. The molecule has 6 rings (SSSR count). The minimum Gasteiger partial charge on any atom is -0.497 e. The zero-order valence-corrected chi connectivity index (χ0v) is 34.4. The minimum atomic E-state index is -0.862. The van der Waals surface area contributed by atoms with Crippen LogP contribution in [0.4, 0.5) is 11.4 Å². The van der Waals surface area contributed by atoms with Gasteiger partial charge in [-0.2, -0.15) is 0 Å². The maximum Gasteiger partial charge on any atom is 0.119 e. The number of nitrogens with zero attached hydrogens (tertiary/aromatic N) is 4. The molecule has 2 aliphatic heterocycles. The van der Waals surface area contributed by atoms with Crippen LogP contribution in [0.15, 0.2) is 90.3 Å². The van der Waals surface area contributed by atoms with Crippen molar-refractivity contribution in [1.82, 2.24) is 9.80 Å². The molecular weight excluding hydrogens is 723 g/mol. The molecule has 0 radical (unpaired) electrons. The molecule has 288 valence electrons. The molecule has 7 nitrogen and oxygen atoms in total. The first-order chi connectivity index (χ1) is 25.5. The molecule has 53 heavy (non-hydrogen) atoms. The summed E-state index contributed by atoms with van der Waals surface area (Å²) in [5, 5.41) is 26.3. The Bertz CT molecular complexity index is 1700. The van der Waals surface area contributed by atoms with Crippen molar-refractivity contribution in [2.75, 3.05) is 82.4 Å². The number of anilines is 2. The third kappa shape index (κ3) is 10.5. The van der Waals surface area contributed by atoms with Crippen LogP contribution in [0.2, 0.25) is 10.0 Å². The van der Waals surface area contributed by atoms with Crippen molar-refractivity contribution in [2.45, 2.75) is 51.7 Å². The highest BCUT2D eigenvalue weighted by molar-refractivity contribution is 7.10. The summed E-state index contributed by atoms with van der Waals surface area (Å²) in [6.07, 6.45) is 1.42. The number of thiophene rings is 1. The van der Waals surface area contributed by atoms with E-state index in [4.69, 9.17) is 27.9 Å². The Morgan fingerprint density at radius 3 is 1.58 bits per heavy atom. The Balaban J connectivity index is 0.000000206. The number of hydrogen-bond acceptors (Lipinski definition) is 8. The Kier molecular flexibility index (Phi) is 15.0. The molecule has 3 heterocycles. The van der Waals surface area contributed by atoms with Crippen LogP contribution in [0.25, 0.3) is 0 Å². The quantitative estimate of drug-likeness (QED) is 0.141. The van der Waals surface area contributed by atoms with Gasteiger partial charge in [0.15, 0.2) is 0 Å². The molecule has 0 bridgehead atoms. The fourth-order valence-corrected chi connectivity index (χ4v) is 9.20. The molecule has 2 aliphatic rings. The van der Waals surface area contributed by atoms with Gasteiger partial charge in [0.05, 0.1) is 12.7 Å². The maximum atomic E-state index is 11.5. The van der Waals surface area contributed by atoms with Crippen LogP contribution in [-0.4, -0.2) is 92.6 Å². The molecule has 2 saturated heterocycles. The van der Waals surface area contributed by atoms with Gasteiger partial charge in [-0.3, -0.25) is 9.80 Å². The molecule has 2 N–H and O–H groups in total. The highest BCUT2D eigenvalue weighted by Gasteiger charge is 2.37. The second kappa shape index (κ2) is 19.2. The van der Waals surface area contributed by atoms with Gasteiger partial charge in [0, 0.05) is 104 Å². The van der Waals surface area contributed by atoms with Crippen molar-refractivity contribution >= 4 is 45.9 Å². The van der Waals surface area contributed by atoms with Gasteiger partial charge in [-0.15, -0.1) is 11.3 Å². The molecule has 1 aromatic heterocycles. The van der Waals surface area contributed by atoms with Gasteiger partial charge < -0.3 is 24.7 Å². The van der Waals surface area contributed by atoms with Crippen molar-refractivity contribution < 1.29 is 14.9 Å². The van der Waals surface area contributed by atoms with Crippen LogP contribution in [0, 0.1) is 11.8 Å². The highest BCUT2D eigenvalue weighted by atomic mass is 35.5. The summed E-state index contributed by atoms with van der Waals surface area (Å²) in [5.74, 6) is 1.10. The predicted molar refractivity (Wildman–Crippen MR) is 224 cm³/mol. The summed E-state index contributed by atoms with van der Waals surface area (Å²) in [4.78, 5) is 10.8. The van der Waals surface area contributed by atoms with Crippen molar-refractivity contribution in [1.29, 1.82) is 0 Å². The average molecular weight is 782 g/mol. The summed E-state index contributed by atoms with van der Waals surface area (Å²) >= 11 is 13.9. The molecule has 0 saturated carbocycles. The van der Waals surface area contributed by atoms with Gasteiger partial charge in [-0.05, 0) is 78.4 Å². The smallest absolute Gasteiger partial charge is 0.119 e. The first-order valence-electron chi connectivity index (χ1n) is 19.1. The molecule has 0 aliphatic carbocycles. The fraction of sp³-hybridized carbons (Fsp3) is 0.488. The molecule has 3 aromatic carbocycles. The van der Waals surface area contributed by atoms with Crippen molar-refractivity contribution in [2.24, 2.45) is 11.8 Å². The van der Waals surface area contributed by atoms with Crippen LogP contribution in [0.1, 0.15) is 51.0 Å².